The number of hydrogen-bond acceptors (Lipinski definition) is 3. The van der Waals surface area contributed by atoms with Crippen LogP contribution in [-0.4, -0.2) is 35.9 Å². The average molecular weight is 303 g/mol. The lowest BCUT2D eigenvalue weighted by molar-refractivity contribution is -0.134. The van der Waals surface area contributed by atoms with Gasteiger partial charge in [0.1, 0.15) is 0 Å². The molecule has 0 saturated carbocycles. The Labute approximate surface area is 126 Å². The summed E-state index contributed by atoms with van der Waals surface area (Å²) in [4.78, 5) is 14.1. The SMILES string of the molecule is CSCC(C)C(=O)N(CCN)Cc1ccccc1.Cl. The minimum absolute atomic E-state index is 0. The van der Waals surface area contributed by atoms with E-state index in [9.17, 15) is 4.79 Å². The third kappa shape index (κ3) is 6.32. The largest absolute Gasteiger partial charge is 0.337 e. The maximum absolute atomic E-state index is 12.3. The number of amides is 1. The van der Waals surface area contributed by atoms with Crippen molar-refractivity contribution in [2.75, 3.05) is 25.1 Å². The van der Waals surface area contributed by atoms with Crippen LogP contribution in [0.5, 0.6) is 0 Å². The van der Waals surface area contributed by atoms with Gasteiger partial charge in [-0.15, -0.1) is 12.4 Å². The predicted octanol–water partition coefficient (Wildman–Crippen LogP) is 2.39. The highest BCUT2D eigenvalue weighted by molar-refractivity contribution is 7.98. The van der Waals surface area contributed by atoms with E-state index in [1.165, 1.54) is 0 Å². The molecule has 0 aromatic heterocycles. The number of thioether (sulfide) groups is 1. The molecule has 0 bridgehead atoms. The van der Waals surface area contributed by atoms with Gasteiger partial charge in [0, 0.05) is 31.3 Å². The molecule has 0 heterocycles. The summed E-state index contributed by atoms with van der Waals surface area (Å²) in [5.74, 6) is 1.10. The first-order valence-electron chi connectivity index (χ1n) is 6.20. The van der Waals surface area contributed by atoms with Gasteiger partial charge in [0.05, 0.1) is 0 Å². The van der Waals surface area contributed by atoms with Crippen LogP contribution < -0.4 is 5.73 Å². The number of halogens is 1. The van der Waals surface area contributed by atoms with Gasteiger partial charge in [-0.1, -0.05) is 37.3 Å². The van der Waals surface area contributed by atoms with E-state index in [1.54, 1.807) is 11.8 Å². The first-order chi connectivity index (χ1) is 8.69. The molecule has 5 heteroatoms. The second-order valence-electron chi connectivity index (χ2n) is 4.39. The highest BCUT2D eigenvalue weighted by Crippen LogP contribution is 2.12. The van der Waals surface area contributed by atoms with Crippen LogP contribution in [0.2, 0.25) is 0 Å². The maximum atomic E-state index is 12.3. The minimum Gasteiger partial charge on any atom is -0.337 e. The molecular weight excluding hydrogens is 280 g/mol. The van der Waals surface area contributed by atoms with Crippen molar-refractivity contribution in [2.45, 2.75) is 13.5 Å². The first-order valence-corrected chi connectivity index (χ1v) is 7.60. The zero-order valence-corrected chi connectivity index (χ0v) is 13.2. The first kappa shape index (κ1) is 18.3. The molecule has 1 unspecified atom stereocenters. The highest BCUT2D eigenvalue weighted by Gasteiger charge is 2.19. The summed E-state index contributed by atoms with van der Waals surface area (Å²) in [5.41, 5.74) is 6.74. The molecule has 108 valence electrons. The van der Waals surface area contributed by atoms with Crippen molar-refractivity contribution in [3.05, 3.63) is 35.9 Å². The zero-order chi connectivity index (χ0) is 13.4. The van der Waals surface area contributed by atoms with Crippen molar-refractivity contribution in [2.24, 2.45) is 11.7 Å². The number of benzene rings is 1. The quantitative estimate of drug-likeness (QED) is 0.841. The van der Waals surface area contributed by atoms with E-state index < -0.39 is 0 Å². The van der Waals surface area contributed by atoms with Crippen LogP contribution in [0.3, 0.4) is 0 Å². The lowest BCUT2D eigenvalue weighted by Crippen LogP contribution is -2.38. The maximum Gasteiger partial charge on any atom is 0.226 e. The molecular formula is C14H23ClN2OS. The number of carbonyl (C=O) groups excluding carboxylic acids is 1. The Morgan fingerprint density at radius 2 is 2.00 bits per heavy atom. The van der Waals surface area contributed by atoms with E-state index in [2.05, 4.69) is 0 Å². The Bertz CT molecular complexity index is 362. The Hall–Kier alpha value is -0.710. The Morgan fingerprint density at radius 3 is 2.53 bits per heavy atom. The summed E-state index contributed by atoms with van der Waals surface area (Å²) in [5, 5.41) is 0. The molecule has 0 aliphatic rings. The molecule has 19 heavy (non-hydrogen) atoms. The van der Waals surface area contributed by atoms with Crippen LogP contribution in [0, 0.1) is 5.92 Å². The summed E-state index contributed by atoms with van der Waals surface area (Å²) >= 11 is 1.70. The molecule has 1 amide bonds. The third-order valence-electron chi connectivity index (χ3n) is 2.77. The lowest BCUT2D eigenvalue weighted by atomic mass is 10.1. The highest BCUT2D eigenvalue weighted by atomic mass is 35.5. The van der Waals surface area contributed by atoms with Crippen LogP contribution in [0.4, 0.5) is 0 Å². The van der Waals surface area contributed by atoms with Gasteiger partial charge in [-0.25, -0.2) is 0 Å². The summed E-state index contributed by atoms with van der Waals surface area (Å²) < 4.78 is 0. The lowest BCUT2D eigenvalue weighted by Gasteiger charge is -2.25. The molecule has 0 fully saturated rings. The van der Waals surface area contributed by atoms with Gasteiger partial charge in [-0.3, -0.25) is 4.79 Å². The minimum atomic E-state index is 0. The second kappa shape index (κ2) is 10.1. The van der Waals surface area contributed by atoms with E-state index in [4.69, 9.17) is 5.73 Å². The fourth-order valence-corrected chi connectivity index (χ4v) is 2.50. The Morgan fingerprint density at radius 1 is 1.37 bits per heavy atom. The number of hydrogen-bond donors (Lipinski definition) is 1. The molecule has 1 rings (SSSR count). The number of nitrogens with zero attached hydrogens (tertiary/aromatic N) is 1. The predicted molar refractivity (Wildman–Crippen MR) is 85.7 cm³/mol. The number of rotatable bonds is 7. The van der Waals surface area contributed by atoms with Gasteiger partial charge >= 0.3 is 0 Å². The molecule has 0 radical (unpaired) electrons. The zero-order valence-electron chi connectivity index (χ0n) is 11.5. The summed E-state index contributed by atoms with van der Waals surface area (Å²) in [6.45, 7) is 3.75. The Kier molecular flexibility index (Phi) is 9.74. The molecule has 0 saturated heterocycles. The van der Waals surface area contributed by atoms with Crippen molar-refractivity contribution >= 4 is 30.1 Å². The smallest absolute Gasteiger partial charge is 0.226 e. The fourth-order valence-electron chi connectivity index (χ4n) is 1.86. The van der Waals surface area contributed by atoms with Gasteiger partial charge in [0.15, 0.2) is 0 Å². The molecule has 3 nitrogen and oxygen atoms in total. The molecule has 0 aliphatic carbocycles. The van der Waals surface area contributed by atoms with Gasteiger partial charge in [0.25, 0.3) is 0 Å². The number of nitrogens with two attached hydrogens (primary N) is 1. The molecule has 1 aromatic rings. The molecule has 0 spiro atoms. The second-order valence-corrected chi connectivity index (χ2v) is 5.30. The topological polar surface area (TPSA) is 46.3 Å². The van der Waals surface area contributed by atoms with Crippen LogP contribution in [0.15, 0.2) is 30.3 Å². The summed E-state index contributed by atoms with van der Waals surface area (Å²) in [6.07, 6.45) is 2.02. The van der Waals surface area contributed by atoms with Crippen molar-refractivity contribution in [3.8, 4) is 0 Å². The molecule has 0 aliphatic heterocycles. The van der Waals surface area contributed by atoms with E-state index in [1.807, 2.05) is 48.4 Å². The van der Waals surface area contributed by atoms with Crippen LogP contribution >= 0.6 is 24.2 Å². The van der Waals surface area contributed by atoms with Crippen LogP contribution in [0.1, 0.15) is 12.5 Å². The monoisotopic (exact) mass is 302 g/mol. The van der Waals surface area contributed by atoms with Crippen molar-refractivity contribution in [3.63, 3.8) is 0 Å². The average Bonchev–Trinajstić information content (AvgIpc) is 2.39. The van der Waals surface area contributed by atoms with Gasteiger partial charge in [-0.2, -0.15) is 11.8 Å². The van der Waals surface area contributed by atoms with Gasteiger partial charge < -0.3 is 10.6 Å². The van der Waals surface area contributed by atoms with E-state index in [-0.39, 0.29) is 24.2 Å². The molecule has 1 atom stereocenters. The van der Waals surface area contributed by atoms with E-state index >= 15 is 0 Å². The van der Waals surface area contributed by atoms with E-state index in [0.717, 1.165) is 11.3 Å². The fraction of sp³-hybridized carbons (Fsp3) is 0.500. The third-order valence-corrected chi connectivity index (χ3v) is 3.60. The normalized spacial score (nSPS) is 11.5. The van der Waals surface area contributed by atoms with Gasteiger partial charge in [0.2, 0.25) is 5.91 Å². The standard InChI is InChI=1S/C14H22N2OS.ClH/c1-12(11-18-2)14(17)16(9-8-15)10-13-6-4-3-5-7-13;/h3-7,12H,8-11,15H2,1-2H3;1H. The number of carbonyl (C=O) groups is 1. The molecule has 1 aromatic carbocycles. The Balaban J connectivity index is 0.00000324. The van der Waals surface area contributed by atoms with Gasteiger partial charge in [-0.05, 0) is 11.8 Å². The van der Waals surface area contributed by atoms with Crippen LogP contribution in [-0.2, 0) is 11.3 Å². The van der Waals surface area contributed by atoms with Crippen molar-refractivity contribution < 1.29 is 4.79 Å². The van der Waals surface area contributed by atoms with Crippen molar-refractivity contribution in [1.82, 2.24) is 4.90 Å². The summed E-state index contributed by atoms with van der Waals surface area (Å²) in [7, 11) is 0. The van der Waals surface area contributed by atoms with E-state index in [0.29, 0.717) is 19.6 Å². The summed E-state index contributed by atoms with van der Waals surface area (Å²) in [6, 6.07) is 10.0. The van der Waals surface area contributed by atoms with Crippen LogP contribution in [0.25, 0.3) is 0 Å². The molecule has 2 N–H and O–H groups in total. The van der Waals surface area contributed by atoms with Crippen molar-refractivity contribution in [1.29, 1.82) is 0 Å².